The Morgan fingerprint density at radius 3 is 2.80 bits per heavy atom. The minimum atomic E-state index is -0.0160. The number of anilines is 1. The van der Waals surface area contributed by atoms with Gasteiger partial charge in [0.05, 0.1) is 0 Å². The van der Waals surface area contributed by atoms with Gasteiger partial charge in [-0.3, -0.25) is 19.6 Å². The van der Waals surface area contributed by atoms with Crippen LogP contribution in [0.4, 0.5) is 5.82 Å². The van der Waals surface area contributed by atoms with Crippen molar-refractivity contribution in [2.24, 2.45) is 5.92 Å². The van der Waals surface area contributed by atoms with E-state index < -0.39 is 0 Å². The Bertz CT molecular complexity index is 519. The summed E-state index contributed by atoms with van der Waals surface area (Å²) in [7, 11) is 0. The van der Waals surface area contributed by atoms with E-state index in [9.17, 15) is 9.59 Å². The van der Waals surface area contributed by atoms with Crippen molar-refractivity contribution in [1.29, 1.82) is 0 Å². The van der Waals surface area contributed by atoms with Gasteiger partial charge >= 0.3 is 0 Å². The van der Waals surface area contributed by atoms with Gasteiger partial charge in [0, 0.05) is 42.8 Å². The average molecular weight is 295 g/mol. The summed E-state index contributed by atoms with van der Waals surface area (Å²) in [6.07, 6.45) is 0.498. The first-order chi connectivity index (χ1) is 9.27. The number of nitrogens with zero attached hydrogens (tertiary/aromatic N) is 2. The molecule has 0 saturated carbocycles. The summed E-state index contributed by atoms with van der Waals surface area (Å²) in [4.78, 5) is 24.8. The summed E-state index contributed by atoms with van der Waals surface area (Å²) >= 11 is 1.29. The van der Waals surface area contributed by atoms with Crippen molar-refractivity contribution in [1.82, 2.24) is 10.2 Å². The summed E-state index contributed by atoms with van der Waals surface area (Å²) in [6, 6.07) is 1.94. The van der Waals surface area contributed by atoms with Gasteiger partial charge in [-0.25, -0.2) is 0 Å². The van der Waals surface area contributed by atoms with Gasteiger partial charge in [0.15, 0.2) is 10.9 Å². The fourth-order valence-corrected chi connectivity index (χ4v) is 2.88. The van der Waals surface area contributed by atoms with Gasteiger partial charge in [-0.15, -0.1) is 0 Å². The standard InChI is InChI=1S/C14H21N3O2S/c1-9(18)20-8-10-5-13(19)17(7-10)12-6-11(15-16-12)14(2,3)4/h6,10H,5,7-8H2,1-4H3,(H,15,16). The molecule has 1 atom stereocenters. The van der Waals surface area contributed by atoms with Crippen LogP contribution in [0.1, 0.15) is 39.8 Å². The summed E-state index contributed by atoms with van der Waals surface area (Å²) in [5.74, 6) is 1.71. The molecule has 0 bridgehead atoms. The largest absolute Gasteiger partial charge is 0.295 e. The van der Waals surface area contributed by atoms with Crippen molar-refractivity contribution < 1.29 is 9.59 Å². The van der Waals surface area contributed by atoms with Gasteiger partial charge < -0.3 is 0 Å². The second kappa shape index (κ2) is 5.60. The van der Waals surface area contributed by atoms with Crippen LogP contribution in [0.2, 0.25) is 0 Å². The molecule has 110 valence electrons. The third-order valence-corrected chi connectivity index (χ3v) is 4.42. The molecular formula is C14H21N3O2S. The van der Waals surface area contributed by atoms with Crippen LogP contribution in [0.3, 0.4) is 0 Å². The van der Waals surface area contributed by atoms with Gasteiger partial charge in [-0.05, 0) is 5.92 Å². The number of rotatable bonds is 3. The molecule has 0 radical (unpaired) electrons. The Morgan fingerprint density at radius 1 is 1.55 bits per heavy atom. The normalized spacial score (nSPS) is 19.7. The molecule has 1 aromatic rings. The second-order valence-electron chi connectivity index (χ2n) is 6.27. The molecule has 1 aliphatic heterocycles. The summed E-state index contributed by atoms with van der Waals surface area (Å²) in [5, 5.41) is 7.36. The average Bonchev–Trinajstić information content (AvgIpc) is 2.91. The zero-order valence-corrected chi connectivity index (χ0v) is 13.2. The highest BCUT2D eigenvalue weighted by atomic mass is 32.2. The first-order valence-corrected chi connectivity index (χ1v) is 7.75. The van der Waals surface area contributed by atoms with Crippen LogP contribution in [0.25, 0.3) is 0 Å². The summed E-state index contributed by atoms with van der Waals surface area (Å²) in [6.45, 7) is 8.50. The highest BCUT2D eigenvalue weighted by molar-refractivity contribution is 8.13. The Hall–Kier alpha value is -1.30. The molecule has 1 saturated heterocycles. The molecule has 1 unspecified atom stereocenters. The second-order valence-corrected chi connectivity index (χ2v) is 7.46. The highest BCUT2D eigenvalue weighted by Gasteiger charge is 2.32. The van der Waals surface area contributed by atoms with E-state index in [1.165, 1.54) is 11.8 Å². The fraction of sp³-hybridized carbons (Fsp3) is 0.643. The quantitative estimate of drug-likeness (QED) is 0.929. The third-order valence-electron chi connectivity index (χ3n) is 3.38. The van der Waals surface area contributed by atoms with E-state index >= 15 is 0 Å². The number of thioether (sulfide) groups is 1. The van der Waals surface area contributed by atoms with E-state index in [0.717, 1.165) is 5.69 Å². The maximum atomic E-state index is 12.1. The minimum absolute atomic E-state index is 0.0160. The van der Waals surface area contributed by atoms with Crippen molar-refractivity contribution in [3.63, 3.8) is 0 Å². The summed E-state index contributed by atoms with van der Waals surface area (Å²) < 4.78 is 0. The van der Waals surface area contributed by atoms with Crippen molar-refractivity contribution >= 4 is 28.6 Å². The van der Waals surface area contributed by atoms with Gasteiger partial charge in [0.1, 0.15) is 0 Å². The number of carbonyl (C=O) groups is 2. The highest BCUT2D eigenvalue weighted by Crippen LogP contribution is 2.29. The smallest absolute Gasteiger partial charge is 0.228 e. The van der Waals surface area contributed by atoms with E-state index in [1.807, 2.05) is 6.07 Å². The molecule has 1 amide bonds. The van der Waals surface area contributed by atoms with Crippen LogP contribution < -0.4 is 4.90 Å². The molecule has 1 fully saturated rings. The zero-order valence-electron chi connectivity index (χ0n) is 12.4. The Balaban J connectivity index is 2.04. The summed E-state index contributed by atoms with van der Waals surface area (Å²) in [5.41, 5.74) is 1.000. The number of amides is 1. The molecule has 2 heterocycles. The SMILES string of the molecule is CC(=O)SCC1CC(=O)N(c2cc(C(C)(C)C)[nH]n2)C1. The molecule has 20 heavy (non-hydrogen) atoms. The van der Waals surface area contributed by atoms with Crippen LogP contribution in [-0.2, 0) is 15.0 Å². The van der Waals surface area contributed by atoms with Crippen LogP contribution in [0, 0.1) is 5.92 Å². The lowest BCUT2D eigenvalue weighted by molar-refractivity contribution is -0.117. The van der Waals surface area contributed by atoms with Crippen LogP contribution in [0.15, 0.2) is 6.07 Å². The third kappa shape index (κ3) is 3.42. The number of hydrogen-bond donors (Lipinski definition) is 1. The van der Waals surface area contributed by atoms with Gasteiger partial charge in [-0.1, -0.05) is 32.5 Å². The van der Waals surface area contributed by atoms with Crippen LogP contribution in [0.5, 0.6) is 0 Å². The van der Waals surface area contributed by atoms with Crippen molar-refractivity contribution in [3.05, 3.63) is 11.8 Å². The minimum Gasteiger partial charge on any atom is -0.295 e. The number of hydrogen-bond acceptors (Lipinski definition) is 4. The monoisotopic (exact) mass is 295 g/mol. The molecule has 1 aliphatic rings. The molecule has 0 aliphatic carbocycles. The number of carbonyl (C=O) groups excluding carboxylic acids is 2. The van der Waals surface area contributed by atoms with Gasteiger partial charge in [0.25, 0.3) is 0 Å². The number of H-pyrrole nitrogens is 1. The van der Waals surface area contributed by atoms with E-state index in [-0.39, 0.29) is 22.4 Å². The van der Waals surface area contributed by atoms with Gasteiger partial charge in [0.2, 0.25) is 5.91 Å². The molecule has 5 nitrogen and oxygen atoms in total. The predicted molar refractivity (Wildman–Crippen MR) is 80.9 cm³/mol. The topological polar surface area (TPSA) is 66.1 Å². The zero-order chi connectivity index (χ0) is 14.9. The van der Waals surface area contributed by atoms with Crippen molar-refractivity contribution in [2.45, 2.75) is 39.5 Å². The predicted octanol–water partition coefficient (Wildman–Crippen LogP) is 2.34. The number of aromatic amines is 1. The Morgan fingerprint density at radius 2 is 2.25 bits per heavy atom. The van der Waals surface area contributed by atoms with E-state index in [2.05, 4.69) is 31.0 Å². The van der Waals surface area contributed by atoms with Crippen molar-refractivity contribution in [2.75, 3.05) is 17.2 Å². The lowest BCUT2D eigenvalue weighted by atomic mass is 9.92. The maximum Gasteiger partial charge on any atom is 0.228 e. The van der Waals surface area contributed by atoms with E-state index in [1.54, 1.807) is 11.8 Å². The van der Waals surface area contributed by atoms with Crippen molar-refractivity contribution in [3.8, 4) is 0 Å². The molecule has 1 N–H and O–H groups in total. The Labute approximate surface area is 123 Å². The van der Waals surface area contributed by atoms with Crippen LogP contribution >= 0.6 is 11.8 Å². The lowest BCUT2D eigenvalue weighted by Gasteiger charge is -2.15. The maximum absolute atomic E-state index is 12.1. The van der Waals surface area contributed by atoms with Crippen LogP contribution in [-0.4, -0.2) is 33.5 Å². The first kappa shape index (κ1) is 15.1. The fourth-order valence-electron chi connectivity index (χ4n) is 2.18. The molecular weight excluding hydrogens is 274 g/mol. The first-order valence-electron chi connectivity index (χ1n) is 6.77. The lowest BCUT2D eigenvalue weighted by Crippen LogP contribution is -2.25. The number of aromatic nitrogens is 2. The molecule has 2 rings (SSSR count). The van der Waals surface area contributed by atoms with Gasteiger partial charge in [-0.2, -0.15) is 5.10 Å². The molecule has 0 spiro atoms. The number of nitrogens with one attached hydrogen (secondary N) is 1. The molecule has 1 aromatic heterocycles. The molecule has 0 aromatic carbocycles. The van der Waals surface area contributed by atoms with E-state index in [0.29, 0.717) is 24.5 Å². The molecule has 6 heteroatoms. The van der Waals surface area contributed by atoms with E-state index in [4.69, 9.17) is 0 Å². The Kier molecular flexibility index (Phi) is 4.22.